The Morgan fingerprint density at radius 3 is 2.27 bits per heavy atom. The fourth-order valence-electron chi connectivity index (χ4n) is 0.677. The van der Waals surface area contributed by atoms with Gasteiger partial charge in [-0.25, -0.2) is 0 Å². The van der Waals surface area contributed by atoms with Gasteiger partial charge in [-0.05, 0) is 5.92 Å². The average molecular weight is 146 g/mol. The maximum atomic E-state index is 3.07. The van der Waals surface area contributed by atoms with Crippen LogP contribution in [0, 0.1) is 17.9 Å². The predicted molar refractivity (Wildman–Crippen MR) is 44.6 cm³/mol. The Hall–Kier alpha value is -1.29. The summed E-state index contributed by atoms with van der Waals surface area (Å²) in [5, 5.41) is 0. The lowest BCUT2D eigenvalue weighted by molar-refractivity contribution is -0.583. The molecule has 0 aromatic carbocycles. The summed E-state index contributed by atoms with van der Waals surface area (Å²) in [7, 11) is 0. The molecule has 1 heterocycles. The number of pyridine rings is 1. The number of nitrogens with zero attached hydrogens (tertiary/aromatic N) is 1. The van der Waals surface area contributed by atoms with Gasteiger partial charge in [0.15, 0.2) is 12.4 Å². The van der Waals surface area contributed by atoms with Crippen molar-refractivity contribution in [3.05, 3.63) is 30.6 Å². The van der Waals surface area contributed by atoms with E-state index in [0.717, 1.165) is 0 Å². The van der Waals surface area contributed by atoms with E-state index in [1.54, 1.807) is 0 Å². The quantitative estimate of drug-likeness (QED) is 0.385. The summed E-state index contributed by atoms with van der Waals surface area (Å²) in [4.78, 5) is 0. The average Bonchev–Trinajstić information content (AvgIpc) is 2.03. The van der Waals surface area contributed by atoms with E-state index in [0.29, 0.717) is 5.92 Å². The molecule has 1 rings (SSSR count). The maximum Gasteiger partial charge on any atom is 0.228 e. The third-order valence-corrected chi connectivity index (χ3v) is 1.20. The zero-order chi connectivity index (χ0) is 8.10. The van der Waals surface area contributed by atoms with E-state index in [9.17, 15) is 0 Å². The second kappa shape index (κ2) is 3.78. The first-order valence-corrected chi connectivity index (χ1v) is 3.77. The Morgan fingerprint density at radius 2 is 1.73 bits per heavy atom. The van der Waals surface area contributed by atoms with Crippen LogP contribution in [0.25, 0.3) is 0 Å². The van der Waals surface area contributed by atoms with Crippen molar-refractivity contribution < 1.29 is 4.57 Å². The van der Waals surface area contributed by atoms with Gasteiger partial charge >= 0.3 is 0 Å². The Morgan fingerprint density at radius 1 is 1.09 bits per heavy atom. The first-order valence-electron chi connectivity index (χ1n) is 3.77. The molecule has 0 saturated heterocycles. The molecule has 0 aliphatic heterocycles. The van der Waals surface area contributed by atoms with Gasteiger partial charge < -0.3 is 0 Å². The van der Waals surface area contributed by atoms with Crippen LogP contribution in [-0.4, -0.2) is 0 Å². The van der Waals surface area contributed by atoms with Gasteiger partial charge in [0.1, 0.15) is 0 Å². The van der Waals surface area contributed by atoms with Gasteiger partial charge in [0.05, 0.1) is 0 Å². The molecule has 0 unspecified atom stereocenters. The molecule has 0 saturated carbocycles. The van der Waals surface area contributed by atoms with Crippen molar-refractivity contribution in [2.24, 2.45) is 5.92 Å². The number of hydrogen-bond donors (Lipinski definition) is 0. The van der Waals surface area contributed by atoms with Gasteiger partial charge in [0.2, 0.25) is 6.04 Å². The van der Waals surface area contributed by atoms with E-state index < -0.39 is 0 Å². The molecule has 56 valence electrons. The molecule has 0 atom stereocenters. The van der Waals surface area contributed by atoms with Crippen LogP contribution in [-0.2, 0) is 0 Å². The molecule has 0 spiro atoms. The van der Waals surface area contributed by atoms with Crippen LogP contribution in [0.5, 0.6) is 0 Å². The van der Waals surface area contributed by atoms with Crippen molar-refractivity contribution in [3.8, 4) is 12.0 Å². The number of hydrogen-bond acceptors (Lipinski definition) is 0. The molecule has 1 nitrogen and oxygen atoms in total. The summed E-state index contributed by atoms with van der Waals surface area (Å²) >= 11 is 0. The lowest BCUT2D eigenvalue weighted by Crippen LogP contribution is -2.26. The number of rotatable bonds is 0. The van der Waals surface area contributed by atoms with Crippen molar-refractivity contribution in [3.63, 3.8) is 0 Å². The summed E-state index contributed by atoms with van der Waals surface area (Å²) in [6.07, 6.45) is 3.88. The standard InChI is InChI=1S/C10H12N/c1-10(2)6-9-11-7-4-3-5-8-11/h3-5,7-8,10H,1-2H3/q+1. The smallest absolute Gasteiger partial charge is 0.119 e. The fourth-order valence-corrected chi connectivity index (χ4v) is 0.677. The van der Waals surface area contributed by atoms with Crippen LogP contribution in [0.4, 0.5) is 0 Å². The van der Waals surface area contributed by atoms with Crippen molar-refractivity contribution in [1.82, 2.24) is 0 Å². The van der Waals surface area contributed by atoms with E-state index in [1.165, 1.54) is 0 Å². The first-order chi connectivity index (χ1) is 5.29. The third kappa shape index (κ3) is 2.86. The van der Waals surface area contributed by atoms with E-state index in [2.05, 4.69) is 25.8 Å². The lowest BCUT2D eigenvalue weighted by Gasteiger charge is -1.83. The predicted octanol–water partition coefficient (Wildman–Crippen LogP) is 1.44. The normalized spacial score (nSPS) is 9.00. The van der Waals surface area contributed by atoms with Gasteiger partial charge in [-0.2, -0.15) is 0 Å². The Kier molecular flexibility index (Phi) is 2.68. The van der Waals surface area contributed by atoms with Gasteiger partial charge in [-0.1, -0.05) is 19.9 Å². The molecular formula is C10H12N+. The molecule has 1 aromatic heterocycles. The molecule has 0 amide bonds. The first kappa shape index (κ1) is 7.81. The van der Waals surface area contributed by atoms with Gasteiger partial charge in [-0.3, -0.25) is 0 Å². The third-order valence-electron chi connectivity index (χ3n) is 1.20. The SMILES string of the molecule is CC(C)C#C[n+]1ccccc1. The van der Waals surface area contributed by atoms with Gasteiger partial charge in [0, 0.05) is 18.1 Å². The van der Waals surface area contributed by atoms with Crippen LogP contribution in [0.3, 0.4) is 0 Å². The van der Waals surface area contributed by atoms with E-state index in [4.69, 9.17) is 0 Å². The highest BCUT2D eigenvalue weighted by Crippen LogP contribution is 1.84. The molecular weight excluding hydrogens is 134 g/mol. The molecule has 1 heteroatoms. The zero-order valence-electron chi connectivity index (χ0n) is 6.91. The Bertz CT molecular complexity index is 264. The highest BCUT2D eigenvalue weighted by atomic mass is 14.9. The van der Waals surface area contributed by atoms with Crippen LogP contribution in [0.15, 0.2) is 30.6 Å². The summed E-state index contributed by atoms with van der Waals surface area (Å²) < 4.78 is 1.86. The van der Waals surface area contributed by atoms with Crippen molar-refractivity contribution in [2.75, 3.05) is 0 Å². The Balaban J connectivity index is 2.75. The summed E-state index contributed by atoms with van der Waals surface area (Å²) in [6, 6.07) is 8.92. The molecule has 0 N–H and O–H groups in total. The molecule has 0 aliphatic rings. The summed E-state index contributed by atoms with van der Waals surface area (Å²) in [6.45, 7) is 4.16. The minimum atomic E-state index is 0.433. The van der Waals surface area contributed by atoms with Crippen LogP contribution in [0.2, 0.25) is 0 Å². The second-order valence-electron chi connectivity index (χ2n) is 2.69. The second-order valence-corrected chi connectivity index (χ2v) is 2.69. The van der Waals surface area contributed by atoms with Gasteiger partial charge in [0.25, 0.3) is 0 Å². The number of aromatic nitrogens is 1. The van der Waals surface area contributed by atoms with Crippen molar-refractivity contribution in [2.45, 2.75) is 13.8 Å². The minimum Gasteiger partial charge on any atom is -0.119 e. The summed E-state index contributed by atoms with van der Waals surface area (Å²) in [5.74, 6) is 3.51. The monoisotopic (exact) mass is 146 g/mol. The maximum absolute atomic E-state index is 3.07. The molecule has 0 radical (unpaired) electrons. The zero-order valence-corrected chi connectivity index (χ0v) is 6.91. The largest absolute Gasteiger partial charge is 0.228 e. The summed E-state index contributed by atoms with van der Waals surface area (Å²) in [5.41, 5.74) is 0. The van der Waals surface area contributed by atoms with Crippen LogP contribution in [0.1, 0.15) is 13.8 Å². The van der Waals surface area contributed by atoms with Crippen molar-refractivity contribution >= 4 is 0 Å². The minimum absolute atomic E-state index is 0.433. The Labute approximate surface area is 67.7 Å². The van der Waals surface area contributed by atoms with Crippen LogP contribution < -0.4 is 4.57 Å². The topological polar surface area (TPSA) is 3.88 Å². The highest BCUT2D eigenvalue weighted by molar-refractivity contribution is 4.95. The molecule has 0 aliphatic carbocycles. The molecule has 0 bridgehead atoms. The molecule has 11 heavy (non-hydrogen) atoms. The van der Waals surface area contributed by atoms with E-state index in [1.807, 2.05) is 35.2 Å². The van der Waals surface area contributed by atoms with Crippen molar-refractivity contribution in [1.29, 1.82) is 0 Å². The van der Waals surface area contributed by atoms with E-state index in [-0.39, 0.29) is 0 Å². The molecule has 0 fully saturated rings. The lowest BCUT2D eigenvalue weighted by atomic mass is 10.2. The fraction of sp³-hybridized carbons (Fsp3) is 0.300. The van der Waals surface area contributed by atoms with E-state index >= 15 is 0 Å². The molecule has 1 aromatic rings. The highest BCUT2D eigenvalue weighted by Gasteiger charge is 1.89. The van der Waals surface area contributed by atoms with Gasteiger partial charge in [-0.15, -0.1) is 4.57 Å². The van der Waals surface area contributed by atoms with Crippen LogP contribution >= 0.6 is 0 Å².